The molecule has 0 amide bonds. The molecule has 0 radical (unpaired) electrons. The van der Waals surface area contributed by atoms with Crippen LogP contribution in [0.15, 0.2) is 24.3 Å². The van der Waals surface area contributed by atoms with Crippen LogP contribution in [0.3, 0.4) is 0 Å². The molecule has 0 heterocycles. The predicted molar refractivity (Wildman–Crippen MR) is 77.8 cm³/mol. The Morgan fingerprint density at radius 1 is 1.33 bits per heavy atom. The highest BCUT2D eigenvalue weighted by atomic mass is 35.5. The Hall–Kier alpha value is -0.570. The molecule has 1 aromatic carbocycles. The molecule has 2 rings (SSSR count). The van der Waals surface area contributed by atoms with Crippen molar-refractivity contribution in [1.82, 2.24) is 4.90 Å². The third-order valence-electron chi connectivity index (χ3n) is 3.70. The van der Waals surface area contributed by atoms with Crippen LogP contribution in [0.25, 0.3) is 0 Å². The van der Waals surface area contributed by atoms with E-state index in [0.29, 0.717) is 6.04 Å². The lowest BCUT2D eigenvalue weighted by molar-refractivity contribution is 0.178. The fourth-order valence-electron chi connectivity index (χ4n) is 2.58. The number of likely N-dealkylation sites (N-methyl/N-ethyl adjacent to an activating group) is 1. The van der Waals surface area contributed by atoms with E-state index in [9.17, 15) is 0 Å². The van der Waals surface area contributed by atoms with E-state index in [0.717, 1.165) is 17.5 Å². The molecule has 100 valence electrons. The van der Waals surface area contributed by atoms with Gasteiger partial charge in [-0.3, -0.25) is 4.90 Å². The van der Waals surface area contributed by atoms with Crippen molar-refractivity contribution in [3.05, 3.63) is 34.9 Å². The molecular weight excluding hydrogens is 244 g/mol. The van der Waals surface area contributed by atoms with Gasteiger partial charge in [-0.15, -0.1) is 0 Å². The molecule has 1 aliphatic rings. The lowest BCUT2D eigenvalue weighted by Gasteiger charge is -2.34. The van der Waals surface area contributed by atoms with E-state index in [2.05, 4.69) is 30.9 Å². The van der Waals surface area contributed by atoms with Gasteiger partial charge in [0, 0.05) is 23.7 Å². The molecule has 2 atom stereocenters. The zero-order valence-electron chi connectivity index (χ0n) is 11.3. The van der Waals surface area contributed by atoms with Crippen LogP contribution in [-0.4, -0.2) is 24.0 Å². The maximum absolute atomic E-state index is 6.20. The highest BCUT2D eigenvalue weighted by molar-refractivity contribution is 6.30. The van der Waals surface area contributed by atoms with Gasteiger partial charge < -0.3 is 5.73 Å². The van der Waals surface area contributed by atoms with Gasteiger partial charge in [-0.1, -0.05) is 30.7 Å². The molecule has 0 bridgehead atoms. The van der Waals surface area contributed by atoms with Crippen molar-refractivity contribution in [1.29, 1.82) is 0 Å². The van der Waals surface area contributed by atoms with Crippen LogP contribution in [0.5, 0.6) is 0 Å². The third kappa shape index (κ3) is 3.47. The third-order valence-corrected chi connectivity index (χ3v) is 3.95. The molecule has 2 N–H and O–H groups in total. The van der Waals surface area contributed by atoms with E-state index in [1.165, 1.54) is 24.9 Å². The van der Waals surface area contributed by atoms with Crippen LogP contribution in [0.4, 0.5) is 0 Å². The van der Waals surface area contributed by atoms with Crippen LogP contribution in [0, 0.1) is 5.92 Å². The highest BCUT2D eigenvalue weighted by Crippen LogP contribution is 2.33. The molecule has 0 aromatic heterocycles. The lowest BCUT2D eigenvalue weighted by atomic mass is 9.99. The summed E-state index contributed by atoms with van der Waals surface area (Å²) in [5.41, 5.74) is 7.48. The fraction of sp³-hybridized carbons (Fsp3) is 0.600. The van der Waals surface area contributed by atoms with Gasteiger partial charge in [0.2, 0.25) is 0 Å². The van der Waals surface area contributed by atoms with Crippen LogP contribution in [0.2, 0.25) is 5.02 Å². The standard InChI is InChI=1S/C15H23ClN2/c1-3-18(10-12-4-5-12)15(11(2)17)13-6-8-14(16)9-7-13/h6-9,11-12,15H,3-5,10,17H2,1-2H3. The van der Waals surface area contributed by atoms with Crippen molar-refractivity contribution < 1.29 is 0 Å². The van der Waals surface area contributed by atoms with Gasteiger partial charge in [0.25, 0.3) is 0 Å². The largest absolute Gasteiger partial charge is 0.326 e. The Kier molecular flexibility index (Phi) is 4.66. The quantitative estimate of drug-likeness (QED) is 0.854. The Balaban J connectivity index is 2.16. The summed E-state index contributed by atoms with van der Waals surface area (Å²) >= 11 is 5.96. The minimum atomic E-state index is 0.130. The summed E-state index contributed by atoms with van der Waals surface area (Å²) in [5.74, 6) is 0.888. The average molecular weight is 267 g/mol. The Labute approximate surface area is 115 Å². The van der Waals surface area contributed by atoms with Gasteiger partial charge in [0.05, 0.1) is 0 Å². The summed E-state index contributed by atoms with van der Waals surface area (Å²) in [6.07, 6.45) is 2.76. The SMILES string of the molecule is CCN(CC1CC1)C(c1ccc(Cl)cc1)C(C)N. The molecule has 1 fully saturated rings. The van der Waals surface area contributed by atoms with Gasteiger partial charge >= 0.3 is 0 Å². The molecule has 2 unspecified atom stereocenters. The van der Waals surface area contributed by atoms with Crippen LogP contribution in [0.1, 0.15) is 38.3 Å². The Morgan fingerprint density at radius 2 is 1.94 bits per heavy atom. The van der Waals surface area contributed by atoms with Crippen molar-refractivity contribution in [3.8, 4) is 0 Å². The zero-order valence-corrected chi connectivity index (χ0v) is 12.0. The number of nitrogens with zero attached hydrogens (tertiary/aromatic N) is 1. The number of benzene rings is 1. The van der Waals surface area contributed by atoms with Crippen LogP contribution in [-0.2, 0) is 0 Å². The lowest BCUT2D eigenvalue weighted by Crippen LogP contribution is -2.40. The van der Waals surface area contributed by atoms with E-state index < -0.39 is 0 Å². The Bertz CT molecular complexity index is 371. The van der Waals surface area contributed by atoms with Crippen molar-refractivity contribution in [2.75, 3.05) is 13.1 Å². The zero-order chi connectivity index (χ0) is 13.1. The number of rotatable bonds is 6. The van der Waals surface area contributed by atoms with Crippen molar-refractivity contribution in [2.45, 2.75) is 38.8 Å². The van der Waals surface area contributed by atoms with E-state index in [1.54, 1.807) is 0 Å². The highest BCUT2D eigenvalue weighted by Gasteiger charge is 2.29. The average Bonchev–Trinajstić information content (AvgIpc) is 3.14. The summed E-state index contributed by atoms with van der Waals surface area (Å²) in [4.78, 5) is 2.51. The smallest absolute Gasteiger partial charge is 0.0496 e. The summed E-state index contributed by atoms with van der Waals surface area (Å²) in [5, 5.41) is 0.785. The molecule has 1 aromatic rings. The molecule has 18 heavy (non-hydrogen) atoms. The molecule has 3 heteroatoms. The van der Waals surface area contributed by atoms with E-state index in [1.807, 2.05) is 12.1 Å². The second-order valence-electron chi connectivity index (χ2n) is 5.39. The van der Waals surface area contributed by atoms with Gasteiger partial charge in [-0.05, 0) is 49.9 Å². The molecule has 0 saturated heterocycles. The number of hydrogen-bond donors (Lipinski definition) is 1. The van der Waals surface area contributed by atoms with Crippen LogP contribution < -0.4 is 5.73 Å². The van der Waals surface area contributed by atoms with E-state index >= 15 is 0 Å². The normalized spacial score (nSPS) is 18.9. The maximum atomic E-state index is 6.20. The number of nitrogens with two attached hydrogens (primary N) is 1. The van der Waals surface area contributed by atoms with Crippen molar-refractivity contribution >= 4 is 11.6 Å². The van der Waals surface area contributed by atoms with Gasteiger partial charge in [0.15, 0.2) is 0 Å². The fourth-order valence-corrected chi connectivity index (χ4v) is 2.70. The predicted octanol–water partition coefficient (Wildman–Crippen LogP) is 3.46. The van der Waals surface area contributed by atoms with Gasteiger partial charge in [-0.2, -0.15) is 0 Å². The topological polar surface area (TPSA) is 29.3 Å². The number of hydrogen-bond acceptors (Lipinski definition) is 2. The second kappa shape index (κ2) is 6.05. The first-order chi connectivity index (χ1) is 8.61. The van der Waals surface area contributed by atoms with Gasteiger partial charge in [0.1, 0.15) is 0 Å². The molecule has 1 saturated carbocycles. The minimum absolute atomic E-state index is 0.130. The minimum Gasteiger partial charge on any atom is -0.326 e. The Morgan fingerprint density at radius 3 is 2.39 bits per heavy atom. The molecule has 1 aliphatic carbocycles. The van der Waals surface area contributed by atoms with E-state index in [4.69, 9.17) is 17.3 Å². The van der Waals surface area contributed by atoms with Gasteiger partial charge in [-0.25, -0.2) is 0 Å². The number of halogens is 1. The molecule has 0 spiro atoms. The summed E-state index contributed by atoms with van der Waals surface area (Å²) < 4.78 is 0. The second-order valence-corrected chi connectivity index (χ2v) is 5.82. The summed E-state index contributed by atoms with van der Waals surface area (Å²) in [6, 6.07) is 8.55. The molecule has 0 aliphatic heterocycles. The summed E-state index contributed by atoms with van der Waals surface area (Å²) in [7, 11) is 0. The first-order valence-corrected chi connectivity index (χ1v) is 7.24. The maximum Gasteiger partial charge on any atom is 0.0496 e. The summed E-state index contributed by atoms with van der Waals surface area (Å²) in [6.45, 7) is 6.53. The van der Waals surface area contributed by atoms with Crippen molar-refractivity contribution in [3.63, 3.8) is 0 Å². The first kappa shape index (κ1) is 13.9. The monoisotopic (exact) mass is 266 g/mol. The van der Waals surface area contributed by atoms with Crippen molar-refractivity contribution in [2.24, 2.45) is 11.7 Å². The van der Waals surface area contributed by atoms with Crippen LogP contribution >= 0.6 is 11.6 Å². The van der Waals surface area contributed by atoms with E-state index in [-0.39, 0.29) is 6.04 Å². The molecular formula is C15H23ClN2. The first-order valence-electron chi connectivity index (χ1n) is 6.87. The molecule has 2 nitrogen and oxygen atoms in total.